The molecule has 17 heteroatoms. The molecule has 0 spiro atoms. The van der Waals surface area contributed by atoms with Crippen LogP contribution in [0.15, 0.2) is 91.0 Å². The second-order valence-corrected chi connectivity index (χ2v) is 18.6. The summed E-state index contributed by atoms with van der Waals surface area (Å²) in [5.74, 6) is -3.39. The van der Waals surface area contributed by atoms with Gasteiger partial charge in [-0.15, -0.1) is 11.3 Å². The normalized spacial score (nSPS) is 17.4. The molecule has 1 saturated carbocycles. The van der Waals surface area contributed by atoms with E-state index in [-0.39, 0.29) is 44.7 Å². The molecule has 1 aromatic heterocycles. The molecule has 66 heavy (non-hydrogen) atoms. The van der Waals surface area contributed by atoms with Gasteiger partial charge in [-0.2, -0.15) is 0 Å². The molecule has 8 amide bonds. The van der Waals surface area contributed by atoms with Crippen LogP contribution < -0.4 is 43.8 Å². The summed E-state index contributed by atoms with van der Waals surface area (Å²) in [4.78, 5) is 98.3. The highest BCUT2D eigenvalue weighted by atomic mass is 32.1. The third kappa shape index (κ3) is 14.1. The highest BCUT2D eigenvalue weighted by Gasteiger charge is 2.40. The lowest BCUT2D eigenvalue weighted by atomic mass is 9.84. The minimum absolute atomic E-state index is 0.111. The van der Waals surface area contributed by atoms with Gasteiger partial charge >= 0.3 is 6.03 Å². The Labute approximate surface area is 389 Å². The summed E-state index contributed by atoms with van der Waals surface area (Å²) in [6.45, 7) is 0.479. The standard InChI is InChI=1S/C49H63N9O7S/c50-24-12-21-36(53-45(61)39(57-49(52)65)28-33-18-8-3-9-19-33)48(64)58-25-13-22-41(58)47(63)56-38(27-32-16-6-2-7-17-32)44(60)55-40(30-35-29-34-20-10-11-23-42(34)66-35)46(62)54-37(43(51)59)26-31-14-4-1-5-15-31/h1,3-5,8-11,14-15,18-20,23,29,32,36-41H,2,6-7,12-13,16-17,21-22,24-28,30,50H2,(H2,51,59)(H,53,61)(H,54,62)(H,55,60)(H,56,63)(H3,52,57,65)/t36-,37-,38+,39-,40-,41-/m0/s1. The van der Waals surface area contributed by atoms with E-state index < -0.39 is 77.7 Å². The Kier molecular flexibility index (Phi) is 18.1. The van der Waals surface area contributed by atoms with Crippen molar-refractivity contribution in [2.75, 3.05) is 13.1 Å². The molecule has 6 rings (SSSR count). The first-order valence-electron chi connectivity index (χ1n) is 23.0. The molecular formula is C49H63N9O7S. The lowest BCUT2D eigenvalue weighted by Gasteiger charge is -2.32. The smallest absolute Gasteiger partial charge is 0.312 e. The van der Waals surface area contributed by atoms with Crippen LogP contribution in [0.25, 0.3) is 10.1 Å². The van der Waals surface area contributed by atoms with Gasteiger partial charge in [0.05, 0.1) is 0 Å². The first kappa shape index (κ1) is 49.1. The van der Waals surface area contributed by atoms with Crippen molar-refractivity contribution in [1.82, 2.24) is 31.5 Å². The van der Waals surface area contributed by atoms with E-state index in [1.807, 2.05) is 78.9 Å². The average molecular weight is 922 g/mol. The van der Waals surface area contributed by atoms with Gasteiger partial charge in [-0.05, 0) is 73.2 Å². The van der Waals surface area contributed by atoms with E-state index in [0.29, 0.717) is 25.7 Å². The van der Waals surface area contributed by atoms with Crippen LogP contribution in [0.1, 0.15) is 80.2 Å². The van der Waals surface area contributed by atoms with Crippen molar-refractivity contribution in [2.45, 2.75) is 120 Å². The maximum atomic E-state index is 14.6. The Bertz CT molecular complexity index is 2250. The lowest BCUT2D eigenvalue weighted by Crippen LogP contribution is -2.60. The number of urea groups is 1. The van der Waals surface area contributed by atoms with Crippen molar-refractivity contribution in [2.24, 2.45) is 23.1 Å². The van der Waals surface area contributed by atoms with E-state index >= 15 is 0 Å². The van der Waals surface area contributed by atoms with Crippen LogP contribution in [0, 0.1) is 5.92 Å². The van der Waals surface area contributed by atoms with Crippen LogP contribution in [0.3, 0.4) is 0 Å². The van der Waals surface area contributed by atoms with Crippen molar-refractivity contribution in [3.8, 4) is 0 Å². The minimum Gasteiger partial charge on any atom is -0.368 e. The van der Waals surface area contributed by atoms with Crippen LogP contribution in [-0.2, 0) is 48.0 Å². The van der Waals surface area contributed by atoms with Gasteiger partial charge in [-0.1, -0.05) is 111 Å². The quantitative estimate of drug-likeness (QED) is 0.0580. The van der Waals surface area contributed by atoms with E-state index in [4.69, 9.17) is 17.2 Å². The van der Waals surface area contributed by atoms with Gasteiger partial charge in [0, 0.05) is 35.4 Å². The fraction of sp³-hybridized carbons (Fsp3) is 0.449. The Hall–Kier alpha value is -6.33. The zero-order valence-corrected chi connectivity index (χ0v) is 38.1. The molecule has 0 radical (unpaired) electrons. The first-order valence-corrected chi connectivity index (χ1v) is 23.8. The highest BCUT2D eigenvalue weighted by Crippen LogP contribution is 2.29. The number of rotatable bonds is 22. The third-order valence-electron chi connectivity index (χ3n) is 12.4. The summed E-state index contributed by atoms with van der Waals surface area (Å²) in [7, 11) is 0. The molecule has 4 aromatic rings. The molecule has 352 valence electrons. The Morgan fingerprint density at radius 3 is 1.82 bits per heavy atom. The molecule has 0 unspecified atom stereocenters. The van der Waals surface area contributed by atoms with Crippen LogP contribution in [0.2, 0.25) is 0 Å². The number of thiophene rings is 1. The predicted octanol–water partition coefficient (Wildman–Crippen LogP) is 3.09. The molecule has 6 atom stereocenters. The summed E-state index contributed by atoms with van der Waals surface area (Å²) in [6, 6.07) is 20.7. The second-order valence-electron chi connectivity index (χ2n) is 17.4. The molecule has 11 N–H and O–H groups in total. The van der Waals surface area contributed by atoms with Crippen LogP contribution in [0.5, 0.6) is 0 Å². The SMILES string of the molecule is NCCC[C@H](NC(=O)[C@H](Cc1ccccc1)NC(N)=O)C(=O)N1CCC[C@H]1C(=O)N[C@H](CC1CCCCC1)C(=O)N[C@@H](Cc1cc2ccccc2s1)C(=O)N[C@@H](Cc1ccccc1)C(N)=O. The number of nitrogens with two attached hydrogens (primary N) is 3. The third-order valence-corrected chi connectivity index (χ3v) is 13.6. The highest BCUT2D eigenvalue weighted by molar-refractivity contribution is 7.19. The first-order chi connectivity index (χ1) is 31.9. The Balaban J connectivity index is 1.21. The molecule has 2 heterocycles. The number of benzene rings is 3. The van der Waals surface area contributed by atoms with Gasteiger partial charge in [-0.25, -0.2) is 4.79 Å². The van der Waals surface area contributed by atoms with Crippen LogP contribution in [-0.4, -0.2) is 95.7 Å². The van der Waals surface area contributed by atoms with Crippen molar-refractivity contribution in [3.05, 3.63) is 107 Å². The van der Waals surface area contributed by atoms with Gasteiger partial charge in [-0.3, -0.25) is 28.8 Å². The van der Waals surface area contributed by atoms with Crippen molar-refractivity contribution >= 4 is 62.9 Å². The zero-order chi connectivity index (χ0) is 47.0. The van der Waals surface area contributed by atoms with Gasteiger partial charge in [0.1, 0.15) is 36.3 Å². The van der Waals surface area contributed by atoms with Crippen LogP contribution >= 0.6 is 11.3 Å². The number of fused-ring (bicyclic) bond motifs is 1. The number of nitrogens with one attached hydrogen (secondary N) is 5. The minimum atomic E-state index is -1.14. The van der Waals surface area contributed by atoms with E-state index in [1.165, 1.54) is 16.2 Å². The Morgan fingerprint density at radius 2 is 1.20 bits per heavy atom. The number of primary amides is 2. The Morgan fingerprint density at radius 1 is 0.621 bits per heavy atom. The summed E-state index contributed by atoms with van der Waals surface area (Å²) in [5, 5.41) is 15.0. The number of carbonyl (C=O) groups excluding carboxylic acids is 7. The summed E-state index contributed by atoms with van der Waals surface area (Å²) >= 11 is 1.49. The molecule has 1 aliphatic carbocycles. The predicted molar refractivity (Wildman–Crippen MR) is 253 cm³/mol. The van der Waals surface area contributed by atoms with E-state index in [1.54, 1.807) is 12.1 Å². The summed E-state index contributed by atoms with van der Waals surface area (Å²) in [5.41, 5.74) is 18.7. The number of likely N-dealkylation sites (tertiary alicyclic amines) is 1. The van der Waals surface area contributed by atoms with Crippen LogP contribution in [0.4, 0.5) is 4.79 Å². The van der Waals surface area contributed by atoms with E-state index in [2.05, 4.69) is 26.6 Å². The molecule has 16 nitrogen and oxygen atoms in total. The topological polar surface area (TPSA) is 261 Å². The number of amides is 8. The van der Waals surface area contributed by atoms with Crippen molar-refractivity contribution in [3.63, 3.8) is 0 Å². The monoisotopic (exact) mass is 921 g/mol. The maximum absolute atomic E-state index is 14.6. The van der Waals surface area contributed by atoms with E-state index in [0.717, 1.165) is 58.2 Å². The summed E-state index contributed by atoms with van der Waals surface area (Å²) in [6.07, 6.45) is 6.89. The zero-order valence-electron chi connectivity index (χ0n) is 37.3. The second kappa shape index (κ2) is 24.3. The molecule has 1 saturated heterocycles. The van der Waals surface area contributed by atoms with Gasteiger partial charge in [0.25, 0.3) is 0 Å². The van der Waals surface area contributed by atoms with E-state index in [9.17, 15) is 33.6 Å². The van der Waals surface area contributed by atoms with Gasteiger partial charge in [0.15, 0.2) is 0 Å². The molecule has 2 fully saturated rings. The average Bonchev–Trinajstić information content (AvgIpc) is 3.98. The number of hydrogen-bond donors (Lipinski definition) is 8. The number of carbonyl (C=O) groups is 7. The lowest BCUT2D eigenvalue weighted by molar-refractivity contribution is -0.142. The van der Waals surface area contributed by atoms with Crippen molar-refractivity contribution in [1.29, 1.82) is 0 Å². The maximum Gasteiger partial charge on any atom is 0.312 e. The molecule has 0 bridgehead atoms. The fourth-order valence-corrected chi connectivity index (χ4v) is 10.1. The molecule has 3 aromatic carbocycles. The molecular weight excluding hydrogens is 859 g/mol. The number of hydrogen-bond acceptors (Lipinski definition) is 9. The fourth-order valence-electron chi connectivity index (χ4n) is 9.01. The van der Waals surface area contributed by atoms with Gasteiger partial charge in [0.2, 0.25) is 35.4 Å². The molecule has 2 aliphatic rings. The largest absolute Gasteiger partial charge is 0.368 e. The summed E-state index contributed by atoms with van der Waals surface area (Å²) < 4.78 is 1.01. The molecule has 1 aliphatic heterocycles. The number of nitrogens with zero attached hydrogens (tertiary/aromatic N) is 1. The van der Waals surface area contributed by atoms with Gasteiger partial charge < -0.3 is 48.7 Å². The van der Waals surface area contributed by atoms with Crippen molar-refractivity contribution < 1.29 is 33.6 Å².